The van der Waals surface area contributed by atoms with E-state index in [2.05, 4.69) is 29.8 Å². The highest BCUT2D eigenvalue weighted by atomic mass is 79.9. The summed E-state index contributed by atoms with van der Waals surface area (Å²) in [6.45, 7) is 4.32. The van der Waals surface area contributed by atoms with Crippen molar-refractivity contribution in [2.45, 2.75) is 77.7 Å². The monoisotopic (exact) mass is 340 g/mol. The Kier molecular flexibility index (Phi) is 9.21. The van der Waals surface area contributed by atoms with Crippen LogP contribution in [0.5, 0.6) is 0 Å². The molecule has 1 aromatic carbocycles. The molecule has 2 heteroatoms. The SMILES string of the molecule is CCCCCCCCCCC(O)c1cccc(Br)c1C. The van der Waals surface area contributed by atoms with Crippen LogP contribution in [0.2, 0.25) is 0 Å². The zero-order chi connectivity index (χ0) is 14.8. The molecule has 20 heavy (non-hydrogen) atoms. The average Bonchev–Trinajstić information content (AvgIpc) is 2.44. The molecule has 0 spiro atoms. The zero-order valence-electron chi connectivity index (χ0n) is 13.0. The second kappa shape index (κ2) is 10.4. The predicted molar refractivity (Wildman–Crippen MR) is 91.1 cm³/mol. The van der Waals surface area contributed by atoms with E-state index in [-0.39, 0.29) is 6.10 Å². The number of rotatable bonds is 10. The van der Waals surface area contributed by atoms with Gasteiger partial charge < -0.3 is 5.11 Å². The predicted octanol–water partition coefficient (Wildman–Crippen LogP) is 6.32. The van der Waals surface area contributed by atoms with Crippen LogP contribution >= 0.6 is 15.9 Å². The molecule has 0 saturated heterocycles. The Bertz CT molecular complexity index is 376. The minimum atomic E-state index is -0.312. The highest BCUT2D eigenvalue weighted by Gasteiger charge is 2.11. The molecule has 0 saturated carbocycles. The van der Waals surface area contributed by atoms with Crippen molar-refractivity contribution in [2.75, 3.05) is 0 Å². The molecule has 1 N–H and O–H groups in total. The van der Waals surface area contributed by atoms with E-state index in [1.54, 1.807) is 0 Å². The molecule has 0 aromatic heterocycles. The van der Waals surface area contributed by atoms with Gasteiger partial charge in [-0.05, 0) is 30.5 Å². The van der Waals surface area contributed by atoms with Gasteiger partial charge in [-0.1, -0.05) is 86.4 Å². The Morgan fingerprint density at radius 2 is 1.60 bits per heavy atom. The van der Waals surface area contributed by atoms with Gasteiger partial charge in [-0.3, -0.25) is 0 Å². The standard InChI is InChI=1S/C18H29BrO/c1-3-4-5-6-7-8-9-10-14-18(20)16-12-11-13-17(19)15(16)2/h11-13,18,20H,3-10,14H2,1-2H3. The molecule has 0 amide bonds. The first-order valence-electron chi connectivity index (χ1n) is 8.10. The normalized spacial score (nSPS) is 12.6. The number of unbranched alkanes of at least 4 members (excludes halogenated alkanes) is 7. The summed E-state index contributed by atoms with van der Waals surface area (Å²) < 4.78 is 1.09. The van der Waals surface area contributed by atoms with Crippen molar-refractivity contribution in [3.8, 4) is 0 Å². The van der Waals surface area contributed by atoms with Gasteiger partial charge in [-0.15, -0.1) is 0 Å². The lowest BCUT2D eigenvalue weighted by Gasteiger charge is -2.14. The fraction of sp³-hybridized carbons (Fsp3) is 0.667. The van der Waals surface area contributed by atoms with Gasteiger partial charge in [0.1, 0.15) is 0 Å². The summed E-state index contributed by atoms with van der Waals surface area (Å²) in [6.07, 6.45) is 11.1. The van der Waals surface area contributed by atoms with Crippen LogP contribution in [0.1, 0.15) is 81.9 Å². The van der Waals surface area contributed by atoms with E-state index in [4.69, 9.17) is 0 Å². The Hall–Kier alpha value is -0.340. The van der Waals surface area contributed by atoms with Gasteiger partial charge in [0.05, 0.1) is 6.10 Å². The lowest BCUT2D eigenvalue weighted by molar-refractivity contribution is 0.162. The topological polar surface area (TPSA) is 20.2 Å². The molecule has 0 fully saturated rings. The third kappa shape index (κ3) is 6.41. The Balaban J connectivity index is 2.17. The zero-order valence-corrected chi connectivity index (χ0v) is 14.6. The van der Waals surface area contributed by atoms with Gasteiger partial charge in [-0.2, -0.15) is 0 Å². The van der Waals surface area contributed by atoms with E-state index < -0.39 is 0 Å². The Morgan fingerprint density at radius 3 is 2.25 bits per heavy atom. The summed E-state index contributed by atoms with van der Waals surface area (Å²) in [7, 11) is 0. The van der Waals surface area contributed by atoms with Crippen LogP contribution in [0, 0.1) is 6.92 Å². The molecular weight excluding hydrogens is 312 g/mol. The van der Waals surface area contributed by atoms with Crippen LogP contribution in [0.15, 0.2) is 22.7 Å². The smallest absolute Gasteiger partial charge is 0.0793 e. The molecule has 0 radical (unpaired) electrons. The summed E-state index contributed by atoms with van der Waals surface area (Å²) in [5.74, 6) is 0. The van der Waals surface area contributed by atoms with Gasteiger partial charge in [0, 0.05) is 4.47 Å². The van der Waals surface area contributed by atoms with Crippen LogP contribution in [-0.4, -0.2) is 5.11 Å². The minimum Gasteiger partial charge on any atom is -0.388 e. The van der Waals surface area contributed by atoms with Gasteiger partial charge in [0.25, 0.3) is 0 Å². The first kappa shape index (κ1) is 17.7. The second-order valence-corrected chi connectivity index (χ2v) is 6.59. The molecule has 1 nitrogen and oxygen atoms in total. The van der Waals surface area contributed by atoms with Crippen molar-refractivity contribution in [3.05, 3.63) is 33.8 Å². The van der Waals surface area contributed by atoms with Crippen molar-refractivity contribution in [1.29, 1.82) is 0 Å². The van der Waals surface area contributed by atoms with Gasteiger partial charge in [-0.25, -0.2) is 0 Å². The molecular formula is C18H29BrO. The summed E-state index contributed by atoms with van der Waals surface area (Å²) in [5.41, 5.74) is 2.24. The molecule has 0 aliphatic heterocycles. The largest absolute Gasteiger partial charge is 0.388 e. The van der Waals surface area contributed by atoms with Crippen molar-refractivity contribution in [1.82, 2.24) is 0 Å². The minimum absolute atomic E-state index is 0.312. The average molecular weight is 341 g/mol. The molecule has 0 heterocycles. The van der Waals surface area contributed by atoms with Crippen LogP contribution in [0.3, 0.4) is 0 Å². The van der Waals surface area contributed by atoms with E-state index >= 15 is 0 Å². The maximum absolute atomic E-state index is 10.3. The molecule has 1 rings (SSSR count). The van der Waals surface area contributed by atoms with Crippen LogP contribution in [0.25, 0.3) is 0 Å². The van der Waals surface area contributed by atoms with E-state index in [1.807, 2.05) is 18.2 Å². The molecule has 1 unspecified atom stereocenters. The summed E-state index contributed by atoms with van der Waals surface area (Å²) in [5, 5.41) is 10.3. The third-order valence-corrected chi connectivity index (χ3v) is 4.86. The lowest BCUT2D eigenvalue weighted by Crippen LogP contribution is -2.00. The van der Waals surface area contributed by atoms with Crippen molar-refractivity contribution in [3.63, 3.8) is 0 Å². The van der Waals surface area contributed by atoms with Crippen molar-refractivity contribution >= 4 is 15.9 Å². The number of aliphatic hydroxyl groups excluding tert-OH is 1. The molecule has 1 aromatic rings. The second-order valence-electron chi connectivity index (χ2n) is 5.73. The summed E-state index contributed by atoms with van der Waals surface area (Å²) in [4.78, 5) is 0. The number of aliphatic hydroxyl groups is 1. The molecule has 0 aliphatic carbocycles. The number of hydrogen-bond acceptors (Lipinski definition) is 1. The maximum atomic E-state index is 10.3. The molecule has 1 atom stereocenters. The first-order chi connectivity index (χ1) is 9.66. The molecule has 0 bridgehead atoms. The van der Waals surface area contributed by atoms with Gasteiger partial charge >= 0.3 is 0 Å². The molecule has 0 aliphatic rings. The van der Waals surface area contributed by atoms with Crippen LogP contribution < -0.4 is 0 Å². The van der Waals surface area contributed by atoms with E-state index in [9.17, 15) is 5.11 Å². The Morgan fingerprint density at radius 1 is 1.00 bits per heavy atom. The van der Waals surface area contributed by atoms with Gasteiger partial charge in [0.15, 0.2) is 0 Å². The highest BCUT2D eigenvalue weighted by molar-refractivity contribution is 9.10. The van der Waals surface area contributed by atoms with E-state index in [0.29, 0.717) is 0 Å². The Labute approximate surface area is 132 Å². The fourth-order valence-electron chi connectivity index (χ4n) is 2.61. The van der Waals surface area contributed by atoms with Crippen molar-refractivity contribution < 1.29 is 5.11 Å². The first-order valence-corrected chi connectivity index (χ1v) is 8.89. The van der Waals surface area contributed by atoms with E-state index in [0.717, 1.165) is 22.9 Å². The highest BCUT2D eigenvalue weighted by Crippen LogP contribution is 2.27. The third-order valence-electron chi connectivity index (χ3n) is 4.00. The maximum Gasteiger partial charge on any atom is 0.0793 e. The quantitative estimate of drug-likeness (QED) is 0.494. The fourth-order valence-corrected chi connectivity index (χ4v) is 2.99. The van der Waals surface area contributed by atoms with E-state index in [1.165, 1.54) is 50.5 Å². The van der Waals surface area contributed by atoms with Crippen molar-refractivity contribution in [2.24, 2.45) is 0 Å². The molecule has 114 valence electrons. The summed E-state index contributed by atoms with van der Waals surface area (Å²) in [6, 6.07) is 6.07. The lowest BCUT2D eigenvalue weighted by atomic mass is 9.98. The number of halogens is 1. The summed E-state index contributed by atoms with van der Waals surface area (Å²) >= 11 is 3.53. The van der Waals surface area contributed by atoms with Gasteiger partial charge in [0.2, 0.25) is 0 Å². The number of hydrogen-bond donors (Lipinski definition) is 1. The van der Waals surface area contributed by atoms with Crippen LogP contribution in [0.4, 0.5) is 0 Å². The number of benzene rings is 1. The van der Waals surface area contributed by atoms with Crippen LogP contribution in [-0.2, 0) is 0 Å².